The van der Waals surface area contributed by atoms with E-state index in [-0.39, 0.29) is 0 Å². The molecule has 0 aliphatic carbocycles. The Kier molecular flexibility index (Phi) is 4.34. The smallest absolute Gasteiger partial charge is 0.142 e. The van der Waals surface area contributed by atoms with Crippen molar-refractivity contribution < 1.29 is 0 Å². The molecule has 0 bridgehead atoms. The van der Waals surface area contributed by atoms with Gasteiger partial charge in [0.2, 0.25) is 0 Å². The molecule has 2 atom stereocenters. The van der Waals surface area contributed by atoms with Crippen molar-refractivity contribution in [2.75, 3.05) is 18.1 Å². The SMILES string of the molecule is CCc1nc(C2SCCSC2C)nc2c1CNCC2. The van der Waals surface area contributed by atoms with Gasteiger partial charge in [-0.1, -0.05) is 13.8 Å². The summed E-state index contributed by atoms with van der Waals surface area (Å²) < 4.78 is 0. The summed E-state index contributed by atoms with van der Waals surface area (Å²) in [5.41, 5.74) is 3.91. The van der Waals surface area contributed by atoms with Crippen molar-refractivity contribution in [1.29, 1.82) is 0 Å². The number of fused-ring (bicyclic) bond motifs is 1. The van der Waals surface area contributed by atoms with Crippen LogP contribution in [0.5, 0.6) is 0 Å². The van der Waals surface area contributed by atoms with Crippen LogP contribution in [-0.4, -0.2) is 33.3 Å². The van der Waals surface area contributed by atoms with E-state index in [1.54, 1.807) is 0 Å². The fraction of sp³-hybridized carbons (Fsp3) is 0.714. The summed E-state index contributed by atoms with van der Waals surface area (Å²) in [6, 6.07) is 0. The van der Waals surface area contributed by atoms with Crippen LogP contribution in [-0.2, 0) is 19.4 Å². The van der Waals surface area contributed by atoms with E-state index in [0.29, 0.717) is 10.5 Å². The molecule has 2 aliphatic heterocycles. The predicted octanol–water partition coefficient (Wildman–Crippen LogP) is 2.59. The number of aromatic nitrogens is 2. The highest BCUT2D eigenvalue weighted by Gasteiger charge is 2.28. The average molecular weight is 295 g/mol. The second-order valence-corrected chi connectivity index (χ2v) is 7.84. The van der Waals surface area contributed by atoms with E-state index < -0.39 is 0 Å². The molecule has 1 aromatic heterocycles. The van der Waals surface area contributed by atoms with Gasteiger partial charge in [-0.2, -0.15) is 11.8 Å². The second kappa shape index (κ2) is 6.02. The van der Waals surface area contributed by atoms with Crippen LogP contribution >= 0.6 is 23.5 Å². The molecule has 3 rings (SSSR count). The van der Waals surface area contributed by atoms with E-state index in [1.807, 2.05) is 11.8 Å². The van der Waals surface area contributed by atoms with Crippen LogP contribution in [0, 0.1) is 0 Å². The van der Waals surface area contributed by atoms with E-state index >= 15 is 0 Å². The Hall–Kier alpha value is -0.260. The fourth-order valence-electron chi connectivity index (χ4n) is 2.77. The molecule has 0 amide bonds. The van der Waals surface area contributed by atoms with Gasteiger partial charge >= 0.3 is 0 Å². The van der Waals surface area contributed by atoms with Crippen molar-refractivity contribution in [2.24, 2.45) is 0 Å². The molecular formula is C14H21N3S2. The number of hydrogen-bond acceptors (Lipinski definition) is 5. The van der Waals surface area contributed by atoms with E-state index in [4.69, 9.17) is 9.97 Å². The van der Waals surface area contributed by atoms with Gasteiger partial charge < -0.3 is 5.32 Å². The van der Waals surface area contributed by atoms with Gasteiger partial charge in [0.1, 0.15) is 5.82 Å². The highest BCUT2D eigenvalue weighted by molar-refractivity contribution is 8.06. The third kappa shape index (κ3) is 2.78. The van der Waals surface area contributed by atoms with Crippen molar-refractivity contribution >= 4 is 23.5 Å². The number of nitrogens with one attached hydrogen (secondary N) is 1. The number of aryl methyl sites for hydroxylation is 1. The first-order valence-corrected chi connectivity index (χ1v) is 9.21. The van der Waals surface area contributed by atoms with E-state index in [0.717, 1.165) is 31.8 Å². The highest BCUT2D eigenvalue weighted by atomic mass is 32.2. The maximum Gasteiger partial charge on any atom is 0.142 e. The number of rotatable bonds is 2. The Morgan fingerprint density at radius 3 is 2.89 bits per heavy atom. The molecule has 5 heteroatoms. The molecule has 1 saturated heterocycles. The lowest BCUT2D eigenvalue weighted by molar-refractivity contribution is 0.608. The zero-order valence-corrected chi connectivity index (χ0v) is 13.2. The summed E-state index contributed by atoms with van der Waals surface area (Å²) in [6.07, 6.45) is 2.06. The van der Waals surface area contributed by atoms with Gasteiger partial charge in [0.15, 0.2) is 0 Å². The Bertz CT molecular complexity index is 447. The highest BCUT2D eigenvalue weighted by Crippen LogP contribution is 2.41. The lowest BCUT2D eigenvalue weighted by atomic mass is 10.0. The van der Waals surface area contributed by atoms with Crippen molar-refractivity contribution in [3.05, 3.63) is 22.8 Å². The summed E-state index contributed by atoms with van der Waals surface area (Å²) in [5.74, 6) is 3.57. The minimum absolute atomic E-state index is 0.476. The number of thioether (sulfide) groups is 2. The van der Waals surface area contributed by atoms with Crippen LogP contribution in [0.15, 0.2) is 0 Å². The quantitative estimate of drug-likeness (QED) is 0.908. The van der Waals surface area contributed by atoms with Gasteiger partial charge in [-0.3, -0.25) is 0 Å². The summed E-state index contributed by atoms with van der Waals surface area (Å²) in [7, 11) is 0. The average Bonchev–Trinajstić information content (AvgIpc) is 2.46. The largest absolute Gasteiger partial charge is 0.312 e. The molecule has 19 heavy (non-hydrogen) atoms. The molecule has 0 spiro atoms. The lowest BCUT2D eigenvalue weighted by Gasteiger charge is -2.28. The monoisotopic (exact) mass is 295 g/mol. The molecule has 1 N–H and O–H groups in total. The zero-order chi connectivity index (χ0) is 13.2. The first-order chi connectivity index (χ1) is 9.29. The minimum Gasteiger partial charge on any atom is -0.312 e. The zero-order valence-electron chi connectivity index (χ0n) is 11.6. The van der Waals surface area contributed by atoms with Crippen LogP contribution in [0.3, 0.4) is 0 Å². The summed E-state index contributed by atoms with van der Waals surface area (Å²) >= 11 is 4.09. The molecule has 0 saturated carbocycles. The molecule has 0 radical (unpaired) electrons. The third-order valence-electron chi connectivity index (χ3n) is 3.81. The maximum atomic E-state index is 4.91. The molecule has 3 heterocycles. The van der Waals surface area contributed by atoms with Gasteiger partial charge in [-0.15, -0.1) is 11.8 Å². The summed E-state index contributed by atoms with van der Waals surface area (Å²) in [6.45, 7) is 6.51. The Labute approximate surface area is 123 Å². The summed E-state index contributed by atoms with van der Waals surface area (Å²) in [4.78, 5) is 9.80. The van der Waals surface area contributed by atoms with Crippen LogP contribution < -0.4 is 5.32 Å². The maximum absolute atomic E-state index is 4.91. The third-order valence-corrected chi connectivity index (χ3v) is 6.90. The Morgan fingerprint density at radius 1 is 1.26 bits per heavy atom. The number of hydrogen-bond donors (Lipinski definition) is 1. The first kappa shape index (κ1) is 13.7. The van der Waals surface area contributed by atoms with Gasteiger partial charge in [-0.05, 0) is 6.42 Å². The Balaban J connectivity index is 1.97. The molecule has 2 unspecified atom stereocenters. The first-order valence-electron chi connectivity index (χ1n) is 7.12. The topological polar surface area (TPSA) is 37.8 Å². The van der Waals surface area contributed by atoms with Crippen molar-refractivity contribution in [3.63, 3.8) is 0 Å². The van der Waals surface area contributed by atoms with Crippen LogP contribution in [0.25, 0.3) is 0 Å². The molecule has 3 nitrogen and oxygen atoms in total. The van der Waals surface area contributed by atoms with Crippen molar-refractivity contribution in [3.8, 4) is 0 Å². The summed E-state index contributed by atoms with van der Waals surface area (Å²) in [5, 5.41) is 4.54. The Morgan fingerprint density at radius 2 is 2.11 bits per heavy atom. The normalized spacial score (nSPS) is 27.1. The van der Waals surface area contributed by atoms with E-state index in [9.17, 15) is 0 Å². The molecule has 2 aliphatic rings. The second-order valence-electron chi connectivity index (χ2n) is 5.10. The van der Waals surface area contributed by atoms with E-state index in [2.05, 4.69) is 30.9 Å². The standard InChI is InChI=1S/C14H21N3S2/c1-3-11-10-8-15-5-4-12(10)17-14(16-11)13-9(2)18-6-7-19-13/h9,13,15H,3-8H2,1-2H3. The predicted molar refractivity (Wildman–Crippen MR) is 83.9 cm³/mol. The molecule has 0 aromatic carbocycles. The van der Waals surface area contributed by atoms with Gasteiger partial charge in [0.05, 0.1) is 10.9 Å². The van der Waals surface area contributed by atoms with Crippen molar-refractivity contribution in [2.45, 2.75) is 43.7 Å². The molecular weight excluding hydrogens is 274 g/mol. The van der Waals surface area contributed by atoms with Crippen LogP contribution in [0.1, 0.15) is 41.9 Å². The van der Waals surface area contributed by atoms with Gasteiger partial charge in [-0.25, -0.2) is 9.97 Å². The lowest BCUT2D eigenvalue weighted by Crippen LogP contribution is -2.28. The fourth-order valence-corrected chi connectivity index (χ4v) is 5.46. The van der Waals surface area contributed by atoms with Gasteiger partial charge in [0.25, 0.3) is 0 Å². The molecule has 1 aromatic rings. The van der Waals surface area contributed by atoms with Gasteiger partial charge in [0, 0.05) is 47.5 Å². The van der Waals surface area contributed by atoms with Crippen molar-refractivity contribution in [1.82, 2.24) is 15.3 Å². The molecule has 104 valence electrons. The molecule has 1 fully saturated rings. The van der Waals surface area contributed by atoms with E-state index in [1.165, 1.54) is 28.5 Å². The van der Waals surface area contributed by atoms with Crippen LogP contribution in [0.4, 0.5) is 0 Å². The number of nitrogens with zero attached hydrogens (tertiary/aromatic N) is 2. The minimum atomic E-state index is 0.476. The van der Waals surface area contributed by atoms with Crippen LogP contribution in [0.2, 0.25) is 0 Å².